The molecule has 2 aromatic rings. The van der Waals surface area contributed by atoms with E-state index in [-0.39, 0.29) is 12.5 Å². The van der Waals surface area contributed by atoms with Crippen LogP contribution in [0.2, 0.25) is 0 Å². The van der Waals surface area contributed by atoms with Crippen molar-refractivity contribution in [1.29, 1.82) is 0 Å². The highest BCUT2D eigenvalue weighted by Gasteiger charge is 2.02. The zero-order chi connectivity index (χ0) is 12.6. The molecule has 0 saturated carbocycles. The fraction of sp³-hybridized carbons (Fsp3) is 0.214. The monoisotopic (exact) mass is 245 g/mol. The highest BCUT2D eigenvalue weighted by molar-refractivity contribution is 5.77. The summed E-state index contributed by atoms with van der Waals surface area (Å²) in [5, 5.41) is 2.79. The molecular weight excluding hydrogens is 230 g/mol. The van der Waals surface area contributed by atoms with Crippen LogP contribution in [0.25, 0.3) is 0 Å². The lowest BCUT2D eigenvalue weighted by atomic mass is 10.2. The van der Waals surface area contributed by atoms with Crippen molar-refractivity contribution < 1.29 is 13.9 Å². The van der Waals surface area contributed by atoms with Crippen molar-refractivity contribution in [3.05, 3.63) is 54.5 Å². The lowest BCUT2D eigenvalue weighted by molar-refractivity contribution is -0.123. The van der Waals surface area contributed by atoms with Gasteiger partial charge in [-0.25, -0.2) is 0 Å². The molecule has 1 amide bonds. The third-order valence-electron chi connectivity index (χ3n) is 2.43. The molecule has 0 aliphatic carbocycles. The summed E-state index contributed by atoms with van der Waals surface area (Å²) in [4.78, 5) is 11.5. The number of carbonyl (C=O) groups excluding carboxylic acids is 1. The molecular formula is C14H15NO3. The predicted molar refractivity (Wildman–Crippen MR) is 67.4 cm³/mol. The molecule has 0 bridgehead atoms. The second-order valence-electron chi connectivity index (χ2n) is 3.83. The maximum Gasteiger partial charge on any atom is 0.257 e. The Morgan fingerprint density at radius 3 is 2.78 bits per heavy atom. The molecule has 0 unspecified atom stereocenters. The average Bonchev–Trinajstić information content (AvgIpc) is 2.91. The number of ether oxygens (including phenoxy) is 1. The highest BCUT2D eigenvalue weighted by atomic mass is 16.5. The molecule has 1 heterocycles. The zero-order valence-corrected chi connectivity index (χ0v) is 9.96. The van der Waals surface area contributed by atoms with Crippen molar-refractivity contribution >= 4 is 5.91 Å². The number of para-hydroxylation sites is 1. The average molecular weight is 245 g/mol. The molecule has 0 aliphatic heterocycles. The molecule has 94 valence electrons. The van der Waals surface area contributed by atoms with Gasteiger partial charge in [-0.2, -0.15) is 0 Å². The van der Waals surface area contributed by atoms with E-state index < -0.39 is 0 Å². The minimum Gasteiger partial charge on any atom is -0.484 e. The first kappa shape index (κ1) is 12.2. The first-order valence-electron chi connectivity index (χ1n) is 5.80. The Morgan fingerprint density at radius 1 is 1.22 bits per heavy atom. The van der Waals surface area contributed by atoms with Crippen molar-refractivity contribution in [3.8, 4) is 5.75 Å². The maximum absolute atomic E-state index is 11.5. The van der Waals surface area contributed by atoms with Crippen LogP contribution in [0, 0.1) is 0 Å². The number of furan rings is 1. The number of hydrogen-bond acceptors (Lipinski definition) is 3. The Balaban J connectivity index is 1.63. The molecule has 0 radical (unpaired) electrons. The van der Waals surface area contributed by atoms with Gasteiger partial charge in [0.15, 0.2) is 6.61 Å². The van der Waals surface area contributed by atoms with E-state index in [4.69, 9.17) is 9.15 Å². The topological polar surface area (TPSA) is 51.5 Å². The van der Waals surface area contributed by atoms with E-state index in [0.29, 0.717) is 12.3 Å². The van der Waals surface area contributed by atoms with Crippen LogP contribution in [0.5, 0.6) is 5.75 Å². The standard InChI is InChI=1S/C14H15NO3/c16-14(11-18-13-4-2-1-3-5-13)15-8-6-12-7-9-17-10-12/h1-5,7,9-10H,6,8,11H2,(H,15,16). The van der Waals surface area contributed by atoms with Gasteiger partial charge in [0.1, 0.15) is 5.75 Å². The van der Waals surface area contributed by atoms with E-state index in [2.05, 4.69) is 5.32 Å². The van der Waals surface area contributed by atoms with Crippen molar-refractivity contribution in [1.82, 2.24) is 5.32 Å². The summed E-state index contributed by atoms with van der Waals surface area (Å²) in [7, 11) is 0. The SMILES string of the molecule is O=C(COc1ccccc1)NCCc1ccoc1. The van der Waals surface area contributed by atoms with E-state index in [1.54, 1.807) is 12.5 Å². The lowest BCUT2D eigenvalue weighted by Gasteiger charge is -2.06. The van der Waals surface area contributed by atoms with Crippen LogP contribution in [0.3, 0.4) is 0 Å². The summed E-state index contributed by atoms with van der Waals surface area (Å²) >= 11 is 0. The van der Waals surface area contributed by atoms with Gasteiger partial charge in [-0.05, 0) is 30.2 Å². The second-order valence-corrected chi connectivity index (χ2v) is 3.83. The van der Waals surface area contributed by atoms with Crippen molar-refractivity contribution in [2.75, 3.05) is 13.2 Å². The fourth-order valence-corrected chi connectivity index (χ4v) is 1.50. The Kier molecular flexibility index (Phi) is 4.41. The Bertz CT molecular complexity index is 465. The summed E-state index contributed by atoms with van der Waals surface area (Å²) in [6.45, 7) is 0.617. The lowest BCUT2D eigenvalue weighted by Crippen LogP contribution is -2.30. The summed E-state index contributed by atoms with van der Waals surface area (Å²) in [6, 6.07) is 11.2. The van der Waals surface area contributed by atoms with E-state index in [1.807, 2.05) is 36.4 Å². The summed E-state index contributed by atoms with van der Waals surface area (Å²) in [5.41, 5.74) is 1.07. The summed E-state index contributed by atoms with van der Waals surface area (Å²) < 4.78 is 10.3. The third kappa shape index (κ3) is 3.97. The fourth-order valence-electron chi connectivity index (χ4n) is 1.50. The highest BCUT2D eigenvalue weighted by Crippen LogP contribution is 2.07. The van der Waals surface area contributed by atoms with Gasteiger partial charge in [0.2, 0.25) is 0 Å². The number of amides is 1. The molecule has 0 atom stereocenters. The first-order chi connectivity index (χ1) is 8.84. The van der Waals surface area contributed by atoms with Crippen LogP contribution < -0.4 is 10.1 Å². The number of nitrogens with one attached hydrogen (secondary N) is 1. The number of benzene rings is 1. The van der Waals surface area contributed by atoms with Gasteiger partial charge in [0, 0.05) is 6.54 Å². The largest absolute Gasteiger partial charge is 0.484 e. The second kappa shape index (κ2) is 6.49. The molecule has 0 saturated heterocycles. The molecule has 0 spiro atoms. The predicted octanol–water partition coefficient (Wildman–Crippen LogP) is 2.02. The minimum absolute atomic E-state index is 0.0371. The van der Waals surface area contributed by atoms with E-state index in [9.17, 15) is 4.79 Å². The molecule has 2 rings (SSSR count). The first-order valence-corrected chi connectivity index (χ1v) is 5.80. The van der Waals surface area contributed by atoms with Crippen LogP contribution in [-0.2, 0) is 11.2 Å². The molecule has 4 heteroatoms. The van der Waals surface area contributed by atoms with Crippen LogP contribution in [0.1, 0.15) is 5.56 Å². The Hall–Kier alpha value is -2.23. The zero-order valence-electron chi connectivity index (χ0n) is 9.96. The van der Waals surface area contributed by atoms with Gasteiger partial charge >= 0.3 is 0 Å². The summed E-state index contributed by atoms with van der Waals surface area (Å²) in [6.07, 6.45) is 4.05. The van der Waals surface area contributed by atoms with Crippen LogP contribution >= 0.6 is 0 Å². The number of carbonyl (C=O) groups is 1. The van der Waals surface area contributed by atoms with Crippen LogP contribution in [-0.4, -0.2) is 19.1 Å². The smallest absolute Gasteiger partial charge is 0.257 e. The third-order valence-corrected chi connectivity index (χ3v) is 2.43. The molecule has 1 N–H and O–H groups in total. The van der Waals surface area contributed by atoms with Crippen molar-refractivity contribution in [2.45, 2.75) is 6.42 Å². The number of rotatable bonds is 6. The maximum atomic E-state index is 11.5. The molecule has 0 fully saturated rings. The van der Waals surface area contributed by atoms with E-state index in [0.717, 1.165) is 12.0 Å². The molecule has 1 aromatic carbocycles. The van der Waals surface area contributed by atoms with Gasteiger partial charge in [-0.1, -0.05) is 18.2 Å². The van der Waals surface area contributed by atoms with Gasteiger partial charge in [-0.3, -0.25) is 4.79 Å². The molecule has 0 aliphatic rings. The van der Waals surface area contributed by atoms with Crippen LogP contribution in [0.4, 0.5) is 0 Å². The number of hydrogen-bond donors (Lipinski definition) is 1. The van der Waals surface area contributed by atoms with E-state index >= 15 is 0 Å². The molecule has 1 aromatic heterocycles. The molecule has 4 nitrogen and oxygen atoms in total. The van der Waals surface area contributed by atoms with E-state index in [1.165, 1.54) is 0 Å². The van der Waals surface area contributed by atoms with Crippen molar-refractivity contribution in [2.24, 2.45) is 0 Å². The minimum atomic E-state index is -0.123. The van der Waals surface area contributed by atoms with Gasteiger partial charge in [0.25, 0.3) is 5.91 Å². The normalized spacial score (nSPS) is 10.0. The van der Waals surface area contributed by atoms with Gasteiger partial charge in [0.05, 0.1) is 12.5 Å². The van der Waals surface area contributed by atoms with Crippen molar-refractivity contribution in [3.63, 3.8) is 0 Å². The van der Waals surface area contributed by atoms with Crippen LogP contribution in [0.15, 0.2) is 53.3 Å². The summed E-state index contributed by atoms with van der Waals surface area (Å²) in [5.74, 6) is 0.574. The Labute approximate surface area is 106 Å². The quantitative estimate of drug-likeness (QED) is 0.847. The Morgan fingerprint density at radius 2 is 2.06 bits per heavy atom. The molecule has 18 heavy (non-hydrogen) atoms. The van der Waals surface area contributed by atoms with Gasteiger partial charge < -0.3 is 14.5 Å². The van der Waals surface area contributed by atoms with Gasteiger partial charge in [-0.15, -0.1) is 0 Å².